The average Bonchev–Trinajstić information content (AvgIpc) is 3.69. The van der Waals surface area contributed by atoms with Gasteiger partial charge >= 0.3 is 0 Å². The molecule has 0 spiro atoms. The molecule has 0 aliphatic rings. The molecular formula is C38H30N4. The van der Waals surface area contributed by atoms with Gasteiger partial charge in [0.15, 0.2) is 11.6 Å². The van der Waals surface area contributed by atoms with Crippen LogP contribution in [0.2, 0.25) is 0 Å². The van der Waals surface area contributed by atoms with Gasteiger partial charge in [0.1, 0.15) is 0 Å². The third kappa shape index (κ3) is 4.63. The molecule has 0 amide bonds. The lowest BCUT2D eigenvalue weighted by Crippen LogP contribution is -2.04. The number of rotatable bonds is 7. The number of aryl methyl sites for hydroxylation is 1. The highest BCUT2D eigenvalue weighted by Gasteiger charge is 2.26. The summed E-state index contributed by atoms with van der Waals surface area (Å²) in [6, 6.07) is 50.3. The highest BCUT2D eigenvalue weighted by molar-refractivity contribution is 5.85. The second-order valence-corrected chi connectivity index (χ2v) is 10.2. The van der Waals surface area contributed by atoms with Crippen molar-refractivity contribution >= 4 is 0 Å². The number of nitrogens with one attached hydrogen (secondary N) is 1. The van der Waals surface area contributed by atoms with Gasteiger partial charge in [0.05, 0.1) is 28.5 Å². The summed E-state index contributed by atoms with van der Waals surface area (Å²) in [5.41, 5.74) is 10.5. The van der Waals surface area contributed by atoms with Gasteiger partial charge in [-0.3, -0.25) is 4.57 Å². The van der Waals surface area contributed by atoms with Gasteiger partial charge in [0.25, 0.3) is 0 Å². The van der Waals surface area contributed by atoms with Gasteiger partial charge in [-0.2, -0.15) is 0 Å². The Balaban J connectivity index is 1.57. The fraction of sp³-hybridized carbons (Fsp3) is 0.0526. The molecule has 0 aliphatic carbocycles. The maximum Gasteiger partial charge on any atom is 0.182 e. The van der Waals surface area contributed by atoms with Gasteiger partial charge in [-0.15, -0.1) is 0 Å². The van der Waals surface area contributed by atoms with Gasteiger partial charge in [-0.05, 0) is 18.1 Å². The summed E-state index contributed by atoms with van der Waals surface area (Å²) in [6.45, 7) is 2.20. The first-order valence-electron chi connectivity index (χ1n) is 14.3. The summed E-state index contributed by atoms with van der Waals surface area (Å²) in [5.74, 6) is 1.49. The zero-order valence-corrected chi connectivity index (χ0v) is 23.4. The van der Waals surface area contributed by atoms with Crippen molar-refractivity contribution in [2.75, 3.05) is 0 Å². The number of aromatic amines is 1. The first-order chi connectivity index (χ1) is 20.8. The molecular weight excluding hydrogens is 512 g/mol. The number of hydrogen-bond acceptors (Lipinski definition) is 2. The quantitative estimate of drug-likeness (QED) is 0.218. The summed E-state index contributed by atoms with van der Waals surface area (Å²) in [4.78, 5) is 14.4. The Kier molecular flexibility index (Phi) is 6.79. The number of para-hydroxylation sites is 1. The minimum atomic E-state index is 0.720. The predicted octanol–water partition coefficient (Wildman–Crippen LogP) is 9.49. The molecule has 5 aromatic carbocycles. The van der Waals surface area contributed by atoms with E-state index in [0.717, 1.165) is 68.8 Å². The number of nitrogens with zero attached hydrogens (tertiary/aromatic N) is 3. The van der Waals surface area contributed by atoms with Crippen LogP contribution in [0.1, 0.15) is 12.5 Å². The van der Waals surface area contributed by atoms with E-state index < -0.39 is 0 Å². The first kappa shape index (κ1) is 25.5. The fourth-order valence-electron chi connectivity index (χ4n) is 5.60. The van der Waals surface area contributed by atoms with E-state index in [9.17, 15) is 0 Å². The molecule has 0 bridgehead atoms. The van der Waals surface area contributed by atoms with Crippen molar-refractivity contribution in [3.8, 4) is 62.4 Å². The van der Waals surface area contributed by atoms with Crippen LogP contribution in [-0.2, 0) is 6.42 Å². The molecule has 2 heterocycles. The van der Waals surface area contributed by atoms with E-state index in [2.05, 4.69) is 144 Å². The first-order valence-corrected chi connectivity index (χ1v) is 14.3. The topological polar surface area (TPSA) is 46.5 Å². The molecule has 2 aromatic heterocycles. The van der Waals surface area contributed by atoms with Crippen LogP contribution < -0.4 is 0 Å². The lowest BCUT2D eigenvalue weighted by atomic mass is 10.0. The van der Waals surface area contributed by atoms with Crippen LogP contribution in [0.4, 0.5) is 0 Å². The second-order valence-electron chi connectivity index (χ2n) is 10.2. The van der Waals surface area contributed by atoms with Crippen LogP contribution in [0.3, 0.4) is 0 Å². The average molecular weight is 543 g/mol. The highest BCUT2D eigenvalue weighted by atomic mass is 15.1. The highest BCUT2D eigenvalue weighted by Crippen LogP contribution is 2.40. The number of benzene rings is 5. The maximum atomic E-state index is 5.39. The molecule has 0 atom stereocenters. The third-order valence-corrected chi connectivity index (χ3v) is 7.61. The lowest BCUT2D eigenvalue weighted by Gasteiger charge is -2.16. The monoisotopic (exact) mass is 542 g/mol. The molecule has 42 heavy (non-hydrogen) atoms. The van der Waals surface area contributed by atoms with Crippen molar-refractivity contribution in [1.29, 1.82) is 0 Å². The van der Waals surface area contributed by atoms with Crippen molar-refractivity contribution in [3.63, 3.8) is 0 Å². The normalized spacial score (nSPS) is 11.1. The number of H-pyrrole nitrogens is 1. The predicted molar refractivity (Wildman–Crippen MR) is 172 cm³/mol. The largest absolute Gasteiger partial charge is 0.335 e. The Morgan fingerprint density at radius 3 is 1.62 bits per heavy atom. The van der Waals surface area contributed by atoms with Crippen molar-refractivity contribution in [2.24, 2.45) is 0 Å². The van der Waals surface area contributed by atoms with Crippen LogP contribution in [0.25, 0.3) is 62.4 Å². The molecule has 4 heteroatoms. The molecule has 0 saturated heterocycles. The summed E-state index contributed by atoms with van der Waals surface area (Å²) >= 11 is 0. The molecule has 0 unspecified atom stereocenters. The lowest BCUT2D eigenvalue weighted by molar-refractivity contribution is 1.00. The van der Waals surface area contributed by atoms with E-state index in [1.807, 2.05) is 18.2 Å². The summed E-state index contributed by atoms with van der Waals surface area (Å²) in [7, 11) is 0. The standard InChI is InChI=1S/C38H30N4/c1-2-27-17-15-16-26-32(27)42-36(31-24-13-6-14-25-31)35(30-22-11-5-12-23-30)41-38(42)37-39-33(28-18-7-3-8-19-28)34(40-37)29-20-9-4-10-21-29/h3-26H,2H2,1H3,(H,39,40). The summed E-state index contributed by atoms with van der Waals surface area (Å²) < 4.78 is 2.29. The van der Waals surface area contributed by atoms with Gasteiger partial charge in [0, 0.05) is 22.3 Å². The van der Waals surface area contributed by atoms with E-state index in [1.54, 1.807) is 0 Å². The minimum Gasteiger partial charge on any atom is -0.335 e. The van der Waals surface area contributed by atoms with E-state index in [-0.39, 0.29) is 0 Å². The van der Waals surface area contributed by atoms with Crippen LogP contribution in [0.5, 0.6) is 0 Å². The van der Waals surface area contributed by atoms with E-state index in [0.29, 0.717) is 0 Å². The smallest absolute Gasteiger partial charge is 0.182 e. The molecule has 7 aromatic rings. The van der Waals surface area contributed by atoms with Gasteiger partial charge in [-0.25, -0.2) is 9.97 Å². The molecule has 7 rings (SSSR count). The molecule has 0 radical (unpaired) electrons. The molecule has 0 saturated carbocycles. The van der Waals surface area contributed by atoms with Gasteiger partial charge in [-0.1, -0.05) is 146 Å². The Morgan fingerprint density at radius 1 is 0.524 bits per heavy atom. The zero-order valence-electron chi connectivity index (χ0n) is 23.4. The Morgan fingerprint density at radius 2 is 1.02 bits per heavy atom. The van der Waals surface area contributed by atoms with Crippen LogP contribution >= 0.6 is 0 Å². The second kappa shape index (κ2) is 11.2. The number of aromatic nitrogens is 4. The molecule has 1 N–H and O–H groups in total. The summed E-state index contributed by atoms with van der Waals surface area (Å²) in [5, 5.41) is 0. The van der Waals surface area contributed by atoms with E-state index in [4.69, 9.17) is 9.97 Å². The van der Waals surface area contributed by atoms with Crippen molar-refractivity contribution in [3.05, 3.63) is 151 Å². The number of imidazole rings is 2. The van der Waals surface area contributed by atoms with Crippen LogP contribution in [-0.4, -0.2) is 19.5 Å². The van der Waals surface area contributed by atoms with Crippen LogP contribution in [0.15, 0.2) is 146 Å². The Hall–Kier alpha value is -5.48. The summed E-state index contributed by atoms with van der Waals surface area (Å²) in [6.07, 6.45) is 0.894. The van der Waals surface area contributed by atoms with Crippen molar-refractivity contribution < 1.29 is 0 Å². The van der Waals surface area contributed by atoms with Crippen LogP contribution in [0, 0.1) is 0 Å². The number of hydrogen-bond donors (Lipinski definition) is 1. The van der Waals surface area contributed by atoms with E-state index in [1.165, 1.54) is 5.56 Å². The molecule has 202 valence electrons. The maximum absolute atomic E-state index is 5.39. The Bertz CT molecular complexity index is 1880. The zero-order chi connectivity index (χ0) is 28.3. The molecule has 0 aliphatic heterocycles. The van der Waals surface area contributed by atoms with E-state index >= 15 is 0 Å². The third-order valence-electron chi connectivity index (χ3n) is 7.61. The molecule has 4 nitrogen and oxygen atoms in total. The minimum absolute atomic E-state index is 0.720. The molecule has 0 fully saturated rings. The fourth-order valence-corrected chi connectivity index (χ4v) is 5.60. The van der Waals surface area contributed by atoms with Crippen molar-refractivity contribution in [1.82, 2.24) is 19.5 Å². The SMILES string of the molecule is CCc1ccccc1-n1c(-c2nc(-c3ccccc3)c(-c3ccccc3)[nH]2)nc(-c2ccccc2)c1-c1ccccc1. The van der Waals surface area contributed by atoms with Gasteiger partial charge in [0.2, 0.25) is 0 Å². The van der Waals surface area contributed by atoms with Crippen molar-refractivity contribution in [2.45, 2.75) is 13.3 Å². The van der Waals surface area contributed by atoms with Gasteiger partial charge < -0.3 is 4.98 Å². The Labute approximate surface area is 246 Å².